The largest absolute Gasteiger partial charge is 0.398 e. The van der Waals surface area contributed by atoms with E-state index in [1.807, 2.05) is 6.07 Å². The number of halogens is 1. The van der Waals surface area contributed by atoms with Gasteiger partial charge >= 0.3 is 0 Å². The van der Waals surface area contributed by atoms with Gasteiger partial charge in [0.1, 0.15) is 5.82 Å². The molecular formula is C11H9FN2. The molecular weight excluding hydrogens is 179 g/mol. The van der Waals surface area contributed by atoms with Crippen LogP contribution >= 0.6 is 0 Å². The standard InChI is InChI=1S/C11H9FN2/c1-8-9(4-2-3-5-13)6-10(12)7-11(8)14/h6-7H,3,14H2,1H3. The molecule has 1 rings (SSSR count). The predicted octanol–water partition coefficient (Wildman–Crippen LogP) is 1.98. The van der Waals surface area contributed by atoms with Crippen LogP contribution in [-0.4, -0.2) is 0 Å². The first kappa shape index (κ1) is 10.1. The molecule has 0 spiro atoms. The second kappa shape index (κ2) is 4.30. The van der Waals surface area contributed by atoms with E-state index in [0.717, 1.165) is 5.56 Å². The monoisotopic (exact) mass is 188 g/mol. The number of rotatable bonds is 0. The normalized spacial score (nSPS) is 8.64. The molecule has 0 aliphatic heterocycles. The van der Waals surface area contributed by atoms with E-state index in [1.54, 1.807) is 6.92 Å². The number of nitrogen functional groups attached to an aromatic ring is 1. The van der Waals surface area contributed by atoms with Gasteiger partial charge in [-0.1, -0.05) is 11.8 Å². The Morgan fingerprint density at radius 1 is 1.50 bits per heavy atom. The van der Waals surface area contributed by atoms with E-state index in [4.69, 9.17) is 11.0 Å². The van der Waals surface area contributed by atoms with Crippen LogP contribution in [0.2, 0.25) is 0 Å². The molecule has 0 aliphatic rings. The summed E-state index contributed by atoms with van der Waals surface area (Å²) in [6.45, 7) is 1.77. The average molecular weight is 188 g/mol. The molecule has 0 saturated heterocycles. The molecule has 2 N–H and O–H groups in total. The maximum atomic E-state index is 12.9. The van der Waals surface area contributed by atoms with Gasteiger partial charge in [0.05, 0.1) is 12.5 Å². The minimum atomic E-state index is -0.408. The number of nitrogens with two attached hydrogens (primary N) is 1. The lowest BCUT2D eigenvalue weighted by Crippen LogP contribution is -1.94. The lowest BCUT2D eigenvalue weighted by Gasteiger charge is -2.02. The molecule has 0 radical (unpaired) electrons. The molecule has 1 aromatic rings. The van der Waals surface area contributed by atoms with Crippen LogP contribution in [0, 0.1) is 35.9 Å². The Morgan fingerprint density at radius 2 is 2.21 bits per heavy atom. The van der Waals surface area contributed by atoms with Crippen molar-refractivity contribution in [1.29, 1.82) is 5.26 Å². The minimum Gasteiger partial charge on any atom is -0.398 e. The highest BCUT2D eigenvalue weighted by Crippen LogP contribution is 2.17. The summed E-state index contributed by atoms with van der Waals surface area (Å²) in [6.07, 6.45) is 0.135. The Labute approximate surface area is 82.2 Å². The van der Waals surface area contributed by atoms with Crippen molar-refractivity contribution in [2.45, 2.75) is 13.3 Å². The second-order valence-corrected chi connectivity index (χ2v) is 2.80. The van der Waals surface area contributed by atoms with Gasteiger partial charge in [0.2, 0.25) is 0 Å². The van der Waals surface area contributed by atoms with Crippen LogP contribution < -0.4 is 5.73 Å². The molecule has 70 valence electrons. The summed E-state index contributed by atoms with van der Waals surface area (Å²) in [6, 6.07) is 4.46. The molecule has 0 bridgehead atoms. The Bertz CT molecular complexity index is 447. The predicted molar refractivity (Wildman–Crippen MR) is 52.7 cm³/mol. The van der Waals surface area contributed by atoms with Crippen LogP contribution in [0.3, 0.4) is 0 Å². The van der Waals surface area contributed by atoms with Crippen molar-refractivity contribution < 1.29 is 4.39 Å². The van der Waals surface area contributed by atoms with Crippen LogP contribution in [-0.2, 0) is 0 Å². The summed E-state index contributed by atoms with van der Waals surface area (Å²) in [7, 11) is 0. The fourth-order valence-electron chi connectivity index (χ4n) is 1.01. The van der Waals surface area contributed by atoms with E-state index in [1.165, 1.54) is 12.1 Å². The van der Waals surface area contributed by atoms with Crippen molar-refractivity contribution >= 4 is 5.69 Å². The molecule has 0 aliphatic carbocycles. The third kappa shape index (κ3) is 2.24. The van der Waals surface area contributed by atoms with Gasteiger partial charge in [-0.15, -0.1) is 0 Å². The molecule has 0 aromatic heterocycles. The summed E-state index contributed by atoms with van der Waals surface area (Å²) in [5, 5.41) is 8.27. The van der Waals surface area contributed by atoms with E-state index in [9.17, 15) is 4.39 Å². The first-order valence-corrected chi connectivity index (χ1v) is 4.06. The Kier molecular flexibility index (Phi) is 3.09. The summed E-state index contributed by atoms with van der Waals surface area (Å²) in [5.41, 5.74) is 7.22. The molecule has 2 nitrogen and oxygen atoms in total. The van der Waals surface area contributed by atoms with E-state index >= 15 is 0 Å². The highest BCUT2D eigenvalue weighted by Gasteiger charge is 2.01. The maximum Gasteiger partial charge on any atom is 0.126 e. The van der Waals surface area contributed by atoms with Crippen LogP contribution in [0.15, 0.2) is 12.1 Å². The molecule has 1 aromatic carbocycles. The van der Waals surface area contributed by atoms with Crippen LogP contribution in [0.25, 0.3) is 0 Å². The Balaban J connectivity index is 3.11. The second-order valence-electron chi connectivity index (χ2n) is 2.80. The number of benzene rings is 1. The Morgan fingerprint density at radius 3 is 2.86 bits per heavy atom. The summed E-state index contributed by atoms with van der Waals surface area (Å²) >= 11 is 0. The molecule has 0 saturated carbocycles. The lowest BCUT2D eigenvalue weighted by molar-refractivity contribution is 0.627. The lowest BCUT2D eigenvalue weighted by atomic mass is 10.1. The number of nitriles is 1. The Hall–Kier alpha value is -2.00. The van der Waals surface area contributed by atoms with Crippen LogP contribution in [0.4, 0.5) is 10.1 Å². The van der Waals surface area contributed by atoms with Crippen molar-refractivity contribution in [3.05, 3.63) is 29.1 Å². The molecule has 0 atom stereocenters. The van der Waals surface area contributed by atoms with Crippen molar-refractivity contribution in [3.8, 4) is 17.9 Å². The SMILES string of the molecule is Cc1c(N)cc(F)cc1C#CCC#N. The van der Waals surface area contributed by atoms with Crippen molar-refractivity contribution in [2.24, 2.45) is 0 Å². The zero-order chi connectivity index (χ0) is 10.6. The third-order valence-corrected chi connectivity index (χ3v) is 1.80. The fourth-order valence-corrected chi connectivity index (χ4v) is 1.01. The molecule has 0 amide bonds. The molecule has 0 fully saturated rings. The highest BCUT2D eigenvalue weighted by molar-refractivity contribution is 5.55. The number of hydrogen-bond donors (Lipinski definition) is 1. The van der Waals surface area contributed by atoms with E-state index in [-0.39, 0.29) is 6.42 Å². The van der Waals surface area contributed by atoms with E-state index in [2.05, 4.69) is 11.8 Å². The first-order valence-electron chi connectivity index (χ1n) is 4.06. The van der Waals surface area contributed by atoms with Crippen LogP contribution in [0.1, 0.15) is 17.5 Å². The molecule has 3 heteroatoms. The molecule has 14 heavy (non-hydrogen) atoms. The summed E-state index contributed by atoms with van der Waals surface area (Å²) < 4.78 is 12.9. The first-order chi connectivity index (χ1) is 6.65. The van der Waals surface area contributed by atoms with E-state index in [0.29, 0.717) is 11.3 Å². The smallest absolute Gasteiger partial charge is 0.126 e. The molecule has 0 unspecified atom stereocenters. The molecule has 0 heterocycles. The maximum absolute atomic E-state index is 12.9. The van der Waals surface area contributed by atoms with E-state index < -0.39 is 5.82 Å². The van der Waals surface area contributed by atoms with Gasteiger partial charge in [-0.25, -0.2) is 4.39 Å². The summed E-state index contributed by atoms with van der Waals surface area (Å²) in [5.74, 6) is 4.91. The third-order valence-electron chi connectivity index (χ3n) is 1.80. The van der Waals surface area contributed by atoms with Gasteiger partial charge in [0.25, 0.3) is 0 Å². The minimum absolute atomic E-state index is 0.135. The zero-order valence-corrected chi connectivity index (χ0v) is 7.76. The fraction of sp³-hybridized carbons (Fsp3) is 0.182. The van der Waals surface area contributed by atoms with Gasteiger partial charge in [0.15, 0.2) is 0 Å². The van der Waals surface area contributed by atoms with Gasteiger partial charge in [-0.05, 0) is 24.6 Å². The van der Waals surface area contributed by atoms with Crippen LogP contribution in [0.5, 0.6) is 0 Å². The van der Waals surface area contributed by atoms with Crippen molar-refractivity contribution in [3.63, 3.8) is 0 Å². The van der Waals surface area contributed by atoms with Gasteiger partial charge in [-0.3, -0.25) is 0 Å². The average Bonchev–Trinajstić information content (AvgIpc) is 2.13. The zero-order valence-electron chi connectivity index (χ0n) is 7.76. The van der Waals surface area contributed by atoms with Crippen molar-refractivity contribution in [1.82, 2.24) is 0 Å². The quantitative estimate of drug-likeness (QED) is 0.500. The van der Waals surface area contributed by atoms with Gasteiger partial charge in [-0.2, -0.15) is 5.26 Å². The number of anilines is 1. The van der Waals surface area contributed by atoms with Gasteiger partial charge in [0, 0.05) is 11.3 Å². The number of hydrogen-bond acceptors (Lipinski definition) is 2. The highest BCUT2D eigenvalue weighted by atomic mass is 19.1. The number of nitrogens with zero attached hydrogens (tertiary/aromatic N) is 1. The van der Waals surface area contributed by atoms with Gasteiger partial charge < -0.3 is 5.73 Å². The topological polar surface area (TPSA) is 49.8 Å². The summed E-state index contributed by atoms with van der Waals surface area (Å²) in [4.78, 5) is 0. The van der Waals surface area contributed by atoms with Crippen molar-refractivity contribution in [2.75, 3.05) is 5.73 Å².